The summed E-state index contributed by atoms with van der Waals surface area (Å²) in [6.07, 6.45) is 3.53. The molecule has 0 fully saturated rings. The third kappa shape index (κ3) is 6.77. The smallest absolute Gasteiger partial charge is 0.0886 e. The van der Waals surface area contributed by atoms with E-state index in [0.29, 0.717) is 0 Å². The second kappa shape index (κ2) is 4.92. The zero-order chi connectivity index (χ0) is 5.70. The van der Waals surface area contributed by atoms with E-state index < -0.39 is 0 Å². The van der Waals surface area contributed by atoms with Gasteiger partial charge in [-0.05, 0) is 6.42 Å². The van der Waals surface area contributed by atoms with Crippen LogP contribution < -0.4 is 0 Å². The molecular formula is C5H10BrCl. The Kier molecular flexibility index (Phi) is 5.46. The van der Waals surface area contributed by atoms with E-state index in [0.717, 1.165) is 6.42 Å². The van der Waals surface area contributed by atoms with Crippen LogP contribution in [0.2, 0.25) is 0 Å². The second-order valence-electron chi connectivity index (χ2n) is 1.53. The molecule has 2 heteroatoms. The van der Waals surface area contributed by atoms with Crippen molar-refractivity contribution in [3.63, 3.8) is 0 Å². The van der Waals surface area contributed by atoms with E-state index >= 15 is 0 Å². The van der Waals surface area contributed by atoms with Crippen LogP contribution in [0.1, 0.15) is 26.2 Å². The second-order valence-corrected chi connectivity index (χ2v) is 3.69. The molecule has 0 aliphatic rings. The highest BCUT2D eigenvalue weighted by Crippen LogP contribution is 2.12. The van der Waals surface area contributed by atoms with Crippen molar-refractivity contribution in [3.05, 3.63) is 0 Å². The van der Waals surface area contributed by atoms with Crippen molar-refractivity contribution in [1.29, 1.82) is 0 Å². The summed E-state index contributed by atoms with van der Waals surface area (Å²) in [5.41, 5.74) is 0. The molecule has 0 bridgehead atoms. The third-order valence-electron chi connectivity index (χ3n) is 0.776. The maximum atomic E-state index is 5.57. The summed E-state index contributed by atoms with van der Waals surface area (Å²) in [5, 5.41) is 0. The van der Waals surface area contributed by atoms with Gasteiger partial charge >= 0.3 is 0 Å². The van der Waals surface area contributed by atoms with Gasteiger partial charge in [0.1, 0.15) is 0 Å². The summed E-state index contributed by atoms with van der Waals surface area (Å²) < 4.78 is 0.187. The van der Waals surface area contributed by atoms with Crippen LogP contribution in [0.5, 0.6) is 0 Å². The fraction of sp³-hybridized carbons (Fsp3) is 1.00. The van der Waals surface area contributed by atoms with Crippen LogP contribution in [0.15, 0.2) is 0 Å². The molecule has 0 aromatic heterocycles. The van der Waals surface area contributed by atoms with Gasteiger partial charge in [0.15, 0.2) is 0 Å². The molecule has 1 unspecified atom stereocenters. The van der Waals surface area contributed by atoms with Gasteiger partial charge in [-0.25, -0.2) is 0 Å². The Bertz CT molecular complexity index is 37.1. The van der Waals surface area contributed by atoms with Gasteiger partial charge in [0.05, 0.1) is 4.29 Å². The number of alkyl halides is 2. The van der Waals surface area contributed by atoms with E-state index in [2.05, 4.69) is 22.9 Å². The molecule has 44 valence electrons. The van der Waals surface area contributed by atoms with Crippen molar-refractivity contribution < 1.29 is 0 Å². The number of hydrogen-bond donors (Lipinski definition) is 0. The van der Waals surface area contributed by atoms with Crippen LogP contribution in [0.25, 0.3) is 0 Å². The molecule has 1 atom stereocenters. The van der Waals surface area contributed by atoms with E-state index in [-0.39, 0.29) is 4.29 Å². The standard InChI is InChI=1S/C5H10BrCl/c1-2-3-4-5(6)7/h5H,2-4H2,1H3. The van der Waals surface area contributed by atoms with Crippen LogP contribution in [-0.4, -0.2) is 4.29 Å². The Morgan fingerprint density at radius 1 is 1.71 bits per heavy atom. The molecule has 7 heavy (non-hydrogen) atoms. The van der Waals surface area contributed by atoms with Crippen LogP contribution in [0.4, 0.5) is 0 Å². The van der Waals surface area contributed by atoms with Gasteiger partial charge in [-0.2, -0.15) is 0 Å². The number of rotatable bonds is 3. The fourth-order valence-corrected chi connectivity index (χ4v) is 0.836. The highest BCUT2D eigenvalue weighted by molar-refractivity contribution is 9.10. The average molecular weight is 185 g/mol. The van der Waals surface area contributed by atoms with E-state index in [9.17, 15) is 0 Å². The molecule has 0 saturated heterocycles. The molecule has 0 aromatic rings. The van der Waals surface area contributed by atoms with E-state index in [4.69, 9.17) is 11.6 Å². The van der Waals surface area contributed by atoms with Gasteiger partial charge in [0.25, 0.3) is 0 Å². The number of halogens is 2. The molecule has 0 aliphatic heterocycles. The average Bonchev–Trinajstić information content (AvgIpc) is 1.61. The van der Waals surface area contributed by atoms with Crippen LogP contribution in [0, 0.1) is 0 Å². The predicted molar refractivity (Wildman–Crippen MR) is 38.1 cm³/mol. The number of unbranched alkanes of at least 4 members (excludes halogenated alkanes) is 1. The first-order valence-electron chi connectivity index (χ1n) is 2.55. The lowest BCUT2D eigenvalue weighted by molar-refractivity contribution is 0.764. The SMILES string of the molecule is CCCCC(Cl)Br. The molecule has 0 spiro atoms. The Hall–Kier alpha value is 0.770. The van der Waals surface area contributed by atoms with Crippen molar-refractivity contribution >= 4 is 27.5 Å². The minimum absolute atomic E-state index is 0.187. The van der Waals surface area contributed by atoms with Gasteiger partial charge in [-0.15, -0.1) is 11.6 Å². The molecule has 0 radical (unpaired) electrons. The molecule has 0 aromatic carbocycles. The van der Waals surface area contributed by atoms with Crippen LogP contribution in [-0.2, 0) is 0 Å². The minimum atomic E-state index is 0.187. The summed E-state index contributed by atoms with van der Waals surface area (Å²) in [4.78, 5) is 0. The molecule has 0 heterocycles. The monoisotopic (exact) mass is 184 g/mol. The largest absolute Gasteiger partial charge is 0.110 e. The zero-order valence-corrected chi connectivity index (χ0v) is 6.80. The highest BCUT2D eigenvalue weighted by atomic mass is 79.9. The molecular weight excluding hydrogens is 175 g/mol. The normalized spacial score (nSPS) is 14.1. The van der Waals surface area contributed by atoms with E-state index in [1.54, 1.807) is 0 Å². The third-order valence-corrected chi connectivity index (χ3v) is 1.45. The first kappa shape index (κ1) is 7.77. The lowest BCUT2D eigenvalue weighted by Gasteiger charge is -1.94. The molecule has 0 saturated carbocycles. The van der Waals surface area contributed by atoms with Gasteiger partial charge in [0, 0.05) is 0 Å². The topological polar surface area (TPSA) is 0 Å². The summed E-state index contributed by atoms with van der Waals surface area (Å²) in [5.74, 6) is 0. The molecule has 0 N–H and O–H groups in total. The fourth-order valence-electron chi connectivity index (χ4n) is 0.358. The lowest BCUT2D eigenvalue weighted by atomic mass is 10.3. The predicted octanol–water partition coefficient (Wildman–Crippen LogP) is 3.14. The maximum Gasteiger partial charge on any atom is 0.0886 e. The Labute approximate surface area is 58.4 Å². The summed E-state index contributed by atoms with van der Waals surface area (Å²) >= 11 is 8.81. The Balaban J connectivity index is 2.68. The lowest BCUT2D eigenvalue weighted by Crippen LogP contribution is -1.82. The summed E-state index contributed by atoms with van der Waals surface area (Å²) in [7, 11) is 0. The van der Waals surface area contributed by atoms with Crippen molar-refractivity contribution in [2.75, 3.05) is 0 Å². The van der Waals surface area contributed by atoms with Crippen LogP contribution >= 0.6 is 27.5 Å². The maximum absolute atomic E-state index is 5.57. The molecule has 0 amide bonds. The molecule has 0 nitrogen and oxygen atoms in total. The summed E-state index contributed by atoms with van der Waals surface area (Å²) in [6, 6.07) is 0. The van der Waals surface area contributed by atoms with Gasteiger partial charge in [-0.3, -0.25) is 0 Å². The zero-order valence-electron chi connectivity index (χ0n) is 4.45. The minimum Gasteiger partial charge on any atom is -0.110 e. The Morgan fingerprint density at radius 3 is 2.43 bits per heavy atom. The first-order valence-corrected chi connectivity index (χ1v) is 3.90. The highest BCUT2D eigenvalue weighted by Gasteiger charge is 1.93. The molecule has 0 aliphatic carbocycles. The summed E-state index contributed by atoms with van der Waals surface area (Å²) in [6.45, 7) is 2.16. The van der Waals surface area contributed by atoms with E-state index in [1.165, 1.54) is 12.8 Å². The van der Waals surface area contributed by atoms with Crippen molar-refractivity contribution in [2.24, 2.45) is 0 Å². The van der Waals surface area contributed by atoms with E-state index in [1.807, 2.05) is 0 Å². The van der Waals surface area contributed by atoms with Crippen molar-refractivity contribution in [1.82, 2.24) is 0 Å². The van der Waals surface area contributed by atoms with Gasteiger partial charge < -0.3 is 0 Å². The van der Waals surface area contributed by atoms with Gasteiger partial charge in [-0.1, -0.05) is 35.7 Å². The quantitative estimate of drug-likeness (QED) is 0.593. The number of hydrogen-bond acceptors (Lipinski definition) is 0. The first-order chi connectivity index (χ1) is 3.27. The van der Waals surface area contributed by atoms with Gasteiger partial charge in [0.2, 0.25) is 0 Å². The molecule has 0 rings (SSSR count). The Morgan fingerprint density at radius 2 is 2.29 bits per heavy atom. The van der Waals surface area contributed by atoms with Crippen LogP contribution in [0.3, 0.4) is 0 Å². The van der Waals surface area contributed by atoms with Crippen molar-refractivity contribution in [3.8, 4) is 0 Å². The van der Waals surface area contributed by atoms with Crippen molar-refractivity contribution in [2.45, 2.75) is 30.5 Å².